The van der Waals surface area contributed by atoms with Crippen LogP contribution >= 0.6 is 0 Å². The summed E-state index contributed by atoms with van der Waals surface area (Å²) in [5, 5.41) is 12.3. The summed E-state index contributed by atoms with van der Waals surface area (Å²) in [6.07, 6.45) is 0.159. The molecule has 0 fully saturated rings. The Morgan fingerprint density at radius 2 is 1.52 bits per heavy atom. The molecule has 0 bridgehead atoms. The Bertz CT molecular complexity index is 744. The van der Waals surface area contributed by atoms with Gasteiger partial charge in [0.25, 0.3) is 0 Å². The van der Waals surface area contributed by atoms with Crippen molar-refractivity contribution in [2.24, 2.45) is 0 Å². The van der Waals surface area contributed by atoms with Crippen molar-refractivity contribution in [2.75, 3.05) is 0 Å². The number of hydrogen-bond donors (Lipinski definition) is 1. The summed E-state index contributed by atoms with van der Waals surface area (Å²) < 4.78 is 6.09. The Kier molecular flexibility index (Phi) is 3.89. The first kappa shape index (κ1) is 13.7. The molecule has 0 saturated heterocycles. The number of benzene rings is 3. The van der Waals surface area contributed by atoms with Gasteiger partial charge in [0.2, 0.25) is 0 Å². The highest BCUT2D eigenvalue weighted by Crippen LogP contribution is 2.34. The molecule has 3 aromatic rings. The third-order valence-corrected chi connectivity index (χ3v) is 3.63. The van der Waals surface area contributed by atoms with E-state index in [0.29, 0.717) is 12.2 Å². The van der Waals surface area contributed by atoms with E-state index < -0.39 is 6.10 Å². The minimum Gasteiger partial charge on any atom is -0.456 e. The SMILES string of the molecule is CC[C@@H](O)c1ccccc1Oc1cccc2ccccc12. The van der Waals surface area contributed by atoms with E-state index in [4.69, 9.17) is 4.74 Å². The van der Waals surface area contributed by atoms with E-state index >= 15 is 0 Å². The summed E-state index contributed by atoms with van der Waals surface area (Å²) >= 11 is 0. The van der Waals surface area contributed by atoms with Gasteiger partial charge in [-0.1, -0.05) is 61.5 Å². The molecule has 2 heteroatoms. The maximum absolute atomic E-state index is 10.1. The van der Waals surface area contributed by atoms with Crippen LogP contribution in [0.3, 0.4) is 0 Å². The Hall–Kier alpha value is -2.32. The van der Waals surface area contributed by atoms with Crippen LogP contribution in [0.4, 0.5) is 0 Å². The van der Waals surface area contributed by atoms with Crippen molar-refractivity contribution < 1.29 is 9.84 Å². The number of aliphatic hydroxyl groups excluding tert-OH is 1. The predicted octanol–water partition coefficient (Wildman–Crippen LogP) is 5.08. The molecule has 21 heavy (non-hydrogen) atoms. The molecule has 106 valence electrons. The van der Waals surface area contributed by atoms with Gasteiger partial charge in [-0.2, -0.15) is 0 Å². The molecule has 3 rings (SSSR count). The highest BCUT2D eigenvalue weighted by molar-refractivity contribution is 5.88. The van der Waals surface area contributed by atoms with Gasteiger partial charge in [-0.3, -0.25) is 0 Å². The Labute approximate surface area is 124 Å². The number of aliphatic hydroxyl groups is 1. The van der Waals surface area contributed by atoms with Crippen molar-refractivity contribution in [3.05, 3.63) is 72.3 Å². The maximum Gasteiger partial charge on any atom is 0.135 e. The maximum atomic E-state index is 10.1. The predicted molar refractivity (Wildman–Crippen MR) is 85.7 cm³/mol. The van der Waals surface area contributed by atoms with Gasteiger partial charge < -0.3 is 9.84 Å². The van der Waals surface area contributed by atoms with E-state index in [2.05, 4.69) is 12.1 Å². The van der Waals surface area contributed by atoms with E-state index in [0.717, 1.165) is 22.1 Å². The minimum atomic E-state index is -0.504. The van der Waals surface area contributed by atoms with Crippen LogP contribution in [0.2, 0.25) is 0 Å². The fraction of sp³-hybridized carbons (Fsp3) is 0.158. The normalized spacial score (nSPS) is 12.3. The van der Waals surface area contributed by atoms with Gasteiger partial charge in [-0.25, -0.2) is 0 Å². The van der Waals surface area contributed by atoms with Crippen molar-refractivity contribution in [1.29, 1.82) is 0 Å². The second-order valence-corrected chi connectivity index (χ2v) is 5.04. The monoisotopic (exact) mass is 278 g/mol. The van der Waals surface area contributed by atoms with Crippen molar-refractivity contribution in [1.82, 2.24) is 0 Å². The average molecular weight is 278 g/mol. The first-order valence-electron chi connectivity index (χ1n) is 7.22. The molecule has 3 aromatic carbocycles. The van der Waals surface area contributed by atoms with Crippen LogP contribution in [0, 0.1) is 0 Å². The fourth-order valence-electron chi connectivity index (χ4n) is 2.47. The third kappa shape index (κ3) is 2.76. The van der Waals surface area contributed by atoms with Crippen LogP contribution in [0.1, 0.15) is 25.0 Å². The molecule has 0 radical (unpaired) electrons. The smallest absolute Gasteiger partial charge is 0.135 e. The topological polar surface area (TPSA) is 29.5 Å². The van der Waals surface area contributed by atoms with Crippen molar-refractivity contribution in [3.63, 3.8) is 0 Å². The molecule has 2 nitrogen and oxygen atoms in total. The quantitative estimate of drug-likeness (QED) is 0.721. The lowest BCUT2D eigenvalue weighted by atomic mass is 10.1. The largest absolute Gasteiger partial charge is 0.456 e. The average Bonchev–Trinajstić information content (AvgIpc) is 2.55. The highest BCUT2D eigenvalue weighted by atomic mass is 16.5. The lowest BCUT2D eigenvalue weighted by Crippen LogP contribution is -1.98. The summed E-state index contributed by atoms with van der Waals surface area (Å²) in [5.74, 6) is 1.52. The van der Waals surface area contributed by atoms with Crippen LogP contribution < -0.4 is 4.74 Å². The molecule has 0 aromatic heterocycles. The molecule has 0 heterocycles. The van der Waals surface area contributed by atoms with Crippen LogP contribution in [-0.2, 0) is 0 Å². The Morgan fingerprint density at radius 1 is 0.857 bits per heavy atom. The number of para-hydroxylation sites is 1. The van der Waals surface area contributed by atoms with Gasteiger partial charge >= 0.3 is 0 Å². The van der Waals surface area contributed by atoms with Gasteiger partial charge in [0.15, 0.2) is 0 Å². The molecule has 0 aliphatic heterocycles. The first-order valence-corrected chi connectivity index (χ1v) is 7.22. The number of fused-ring (bicyclic) bond motifs is 1. The Morgan fingerprint density at radius 3 is 2.38 bits per heavy atom. The molecule has 0 aliphatic rings. The van der Waals surface area contributed by atoms with Crippen molar-refractivity contribution >= 4 is 10.8 Å². The van der Waals surface area contributed by atoms with Gasteiger partial charge in [-0.15, -0.1) is 0 Å². The molecule has 0 unspecified atom stereocenters. The van der Waals surface area contributed by atoms with Crippen molar-refractivity contribution in [2.45, 2.75) is 19.4 Å². The van der Waals surface area contributed by atoms with Crippen LogP contribution in [-0.4, -0.2) is 5.11 Å². The third-order valence-electron chi connectivity index (χ3n) is 3.63. The van der Waals surface area contributed by atoms with E-state index in [9.17, 15) is 5.11 Å². The van der Waals surface area contributed by atoms with Gasteiger partial charge in [0, 0.05) is 10.9 Å². The zero-order chi connectivity index (χ0) is 14.7. The number of rotatable bonds is 4. The van der Waals surface area contributed by atoms with Crippen molar-refractivity contribution in [3.8, 4) is 11.5 Å². The lowest BCUT2D eigenvalue weighted by Gasteiger charge is -2.15. The minimum absolute atomic E-state index is 0.504. The number of ether oxygens (including phenoxy) is 1. The molecule has 0 saturated carbocycles. The molecule has 1 atom stereocenters. The summed E-state index contributed by atoms with van der Waals surface area (Å²) in [5.41, 5.74) is 0.827. The standard InChI is InChI=1S/C19H18O2/c1-2-17(20)16-11-5-6-12-19(16)21-18-13-7-9-14-8-3-4-10-15(14)18/h3-13,17,20H,2H2,1H3/t17-/m1/s1. The van der Waals surface area contributed by atoms with E-state index in [-0.39, 0.29) is 0 Å². The summed E-state index contributed by atoms with van der Waals surface area (Å²) in [6, 6.07) is 21.8. The van der Waals surface area contributed by atoms with Gasteiger partial charge in [0.05, 0.1) is 6.10 Å². The Balaban J connectivity index is 2.03. The number of hydrogen-bond acceptors (Lipinski definition) is 2. The fourth-order valence-corrected chi connectivity index (χ4v) is 2.47. The van der Waals surface area contributed by atoms with Crippen LogP contribution in [0.15, 0.2) is 66.7 Å². The zero-order valence-corrected chi connectivity index (χ0v) is 12.0. The molecular formula is C19H18O2. The second kappa shape index (κ2) is 5.98. The van der Waals surface area contributed by atoms with E-state index in [1.165, 1.54) is 0 Å². The molecular weight excluding hydrogens is 260 g/mol. The zero-order valence-electron chi connectivity index (χ0n) is 12.0. The molecule has 0 spiro atoms. The summed E-state index contributed by atoms with van der Waals surface area (Å²) in [7, 11) is 0. The van der Waals surface area contributed by atoms with Crippen LogP contribution in [0.5, 0.6) is 11.5 Å². The molecule has 1 N–H and O–H groups in total. The molecule has 0 amide bonds. The van der Waals surface area contributed by atoms with Gasteiger partial charge in [0.1, 0.15) is 11.5 Å². The summed E-state index contributed by atoms with van der Waals surface area (Å²) in [6.45, 7) is 1.96. The first-order chi connectivity index (χ1) is 10.3. The van der Waals surface area contributed by atoms with E-state index in [1.54, 1.807) is 0 Å². The lowest BCUT2D eigenvalue weighted by molar-refractivity contribution is 0.170. The van der Waals surface area contributed by atoms with Gasteiger partial charge in [-0.05, 0) is 23.9 Å². The highest BCUT2D eigenvalue weighted by Gasteiger charge is 2.12. The van der Waals surface area contributed by atoms with Crippen LogP contribution in [0.25, 0.3) is 10.8 Å². The summed E-state index contributed by atoms with van der Waals surface area (Å²) in [4.78, 5) is 0. The molecule has 0 aliphatic carbocycles. The second-order valence-electron chi connectivity index (χ2n) is 5.04. The van der Waals surface area contributed by atoms with E-state index in [1.807, 2.05) is 61.5 Å².